The number of unbranched alkanes of at least 4 members (excludes halogenated alkanes) is 1. The fourth-order valence-electron chi connectivity index (χ4n) is 2.31. The summed E-state index contributed by atoms with van der Waals surface area (Å²) in [5.74, 6) is -0.781. The standard InChI is InChI=1S/C18H20O3/c19-17(8-4-5-9-18(20)21)16-12-10-15(11-13-16)14-6-2-1-3-7-14/h1-3,6-7,10-13,17,19H,4-5,8-9H2,(H,20,21). The topological polar surface area (TPSA) is 57.5 Å². The summed E-state index contributed by atoms with van der Waals surface area (Å²) in [4.78, 5) is 10.4. The first-order valence-electron chi connectivity index (χ1n) is 7.22. The van der Waals surface area contributed by atoms with E-state index in [4.69, 9.17) is 5.11 Å². The van der Waals surface area contributed by atoms with Crippen LogP contribution in [0.4, 0.5) is 0 Å². The Morgan fingerprint density at radius 1 is 0.905 bits per heavy atom. The molecule has 3 nitrogen and oxygen atoms in total. The fraction of sp³-hybridized carbons (Fsp3) is 0.278. The van der Waals surface area contributed by atoms with E-state index in [1.165, 1.54) is 0 Å². The molecular formula is C18H20O3. The lowest BCUT2D eigenvalue weighted by Gasteiger charge is -2.11. The van der Waals surface area contributed by atoms with Crippen LogP contribution in [0.5, 0.6) is 0 Å². The fourth-order valence-corrected chi connectivity index (χ4v) is 2.31. The summed E-state index contributed by atoms with van der Waals surface area (Å²) in [5.41, 5.74) is 3.16. The van der Waals surface area contributed by atoms with E-state index in [0.717, 1.165) is 16.7 Å². The molecule has 0 aromatic heterocycles. The van der Waals surface area contributed by atoms with E-state index in [2.05, 4.69) is 12.1 Å². The number of aliphatic hydroxyl groups is 1. The maximum atomic E-state index is 10.4. The second-order valence-corrected chi connectivity index (χ2v) is 5.14. The van der Waals surface area contributed by atoms with Crippen molar-refractivity contribution in [3.05, 3.63) is 60.2 Å². The molecule has 2 N–H and O–H groups in total. The average molecular weight is 284 g/mol. The summed E-state index contributed by atoms with van der Waals surface area (Å²) in [6.07, 6.45) is 1.56. The van der Waals surface area contributed by atoms with Gasteiger partial charge in [0.05, 0.1) is 6.10 Å². The highest BCUT2D eigenvalue weighted by Gasteiger charge is 2.08. The van der Waals surface area contributed by atoms with E-state index in [-0.39, 0.29) is 6.42 Å². The quantitative estimate of drug-likeness (QED) is 0.755. The maximum absolute atomic E-state index is 10.4. The molecule has 0 heterocycles. The van der Waals surface area contributed by atoms with Crippen molar-refractivity contribution in [3.8, 4) is 11.1 Å². The monoisotopic (exact) mass is 284 g/mol. The molecule has 2 aromatic rings. The molecule has 0 aliphatic heterocycles. The molecule has 1 unspecified atom stereocenters. The molecule has 0 fully saturated rings. The molecule has 0 bridgehead atoms. The summed E-state index contributed by atoms with van der Waals surface area (Å²) in [6, 6.07) is 18.0. The Morgan fingerprint density at radius 2 is 1.52 bits per heavy atom. The lowest BCUT2D eigenvalue weighted by molar-refractivity contribution is -0.137. The number of benzene rings is 2. The Labute approximate surface area is 124 Å². The largest absolute Gasteiger partial charge is 0.481 e. The molecule has 0 spiro atoms. The van der Waals surface area contributed by atoms with Crippen molar-refractivity contribution in [2.75, 3.05) is 0 Å². The molecule has 0 saturated carbocycles. The first-order chi connectivity index (χ1) is 10.2. The van der Waals surface area contributed by atoms with Crippen molar-refractivity contribution < 1.29 is 15.0 Å². The molecule has 0 amide bonds. The van der Waals surface area contributed by atoms with Gasteiger partial charge in [-0.1, -0.05) is 54.6 Å². The van der Waals surface area contributed by atoms with Crippen molar-refractivity contribution >= 4 is 5.97 Å². The van der Waals surface area contributed by atoms with Crippen molar-refractivity contribution in [1.29, 1.82) is 0 Å². The molecule has 2 rings (SSSR count). The van der Waals surface area contributed by atoms with Gasteiger partial charge in [0.25, 0.3) is 0 Å². The molecule has 3 heteroatoms. The molecular weight excluding hydrogens is 264 g/mol. The first kappa shape index (κ1) is 15.3. The third kappa shape index (κ3) is 4.72. The highest BCUT2D eigenvalue weighted by atomic mass is 16.4. The van der Waals surface area contributed by atoms with Gasteiger partial charge in [0, 0.05) is 6.42 Å². The zero-order chi connectivity index (χ0) is 15.1. The van der Waals surface area contributed by atoms with Gasteiger partial charge in [0.1, 0.15) is 0 Å². The van der Waals surface area contributed by atoms with Gasteiger partial charge in [0.15, 0.2) is 0 Å². The van der Waals surface area contributed by atoms with Gasteiger partial charge in [0.2, 0.25) is 0 Å². The number of hydrogen-bond donors (Lipinski definition) is 2. The number of rotatable bonds is 7. The molecule has 2 aromatic carbocycles. The predicted octanol–water partition coefficient (Wildman–Crippen LogP) is 4.03. The maximum Gasteiger partial charge on any atom is 0.303 e. The summed E-state index contributed by atoms with van der Waals surface area (Å²) < 4.78 is 0. The zero-order valence-corrected chi connectivity index (χ0v) is 11.9. The summed E-state index contributed by atoms with van der Waals surface area (Å²) in [7, 11) is 0. The van der Waals surface area contributed by atoms with E-state index in [1.807, 2.05) is 42.5 Å². The summed E-state index contributed by atoms with van der Waals surface area (Å²) in [5, 5.41) is 18.7. The van der Waals surface area contributed by atoms with E-state index < -0.39 is 12.1 Å². The van der Waals surface area contributed by atoms with Crippen molar-refractivity contribution in [1.82, 2.24) is 0 Å². The number of carbonyl (C=O) groups is 1. The number of aliphatic hydroxyl groups excluding tert-OH is 1. The molecule has 0 saturated heterocycles. The number of hydrogen-bond acceptors (Lipinski definition) is 2. The van der Waals surface area contributed by atoms with E-state index in [0.29, 0.717) is 19.3 Å². The molecule has 110 valence electrons. The summed E-state index contributed by atoms with van der Waals surface area (Å²) >= 11 is 0. The lowest BCUT2D eigenvalue weighted by Crippen LogP contribution is -1.99. The minimum Gasteiger partial charge on any atom is -0.481 e. The Hall–Kier alpha value is -2.13. The van der Waals surface area contributed by atoms with E-state index in [9.17, 15) is 9.90 Å². The molecule has 0 aliphatic rings. The number of aliphatic carboxylic acids is 1. The number of carboxylic acid groups (broad SMARTS) is 1. The van der Waals surface area contributed by atoms with Crippen LogP contribution in [-0.4, -0.2) is 16.2 Å². The SMILES string of the molecule is O=C(O)CCCCC(O)c1ccc(-c2ccccc2)cc1. The molecule has 0 radical (unpaired) electrons. The van der Waals surface area contributed by atoms with Crippen LogP contribution >= 0.6 is 0 Å². The summed E-state index contributed by atoms with van der Waals surface area (Å²) in [6.45, 7) is 0. The highest BCUT2D eigenvalue weighted by Crippen LogP contribution is 2.24. The average Bonchev–Trinajstić information content (AvgIpc) is 2.52. The third-order valence-electron chi connectivity index (χ3n) is 3.52. The minimum atomic E-state index is -0.781. The Balaban J connectivity index is 1.91. The second-order valence-electron chi connectivity index (χ2n) is 5.14. The Bertz CT molecular complexity index is 561. The van der Waals surface area contributed by atoms with Gasteiger partial charge < -0.3 is 10.2 Å². The van der Waals surface area contributed by atoms with E-state index >= 15 is 0 Å². The van der Waals surface area contributed by atoms with Crippen LogP contribution in [0.25, 0.3) is 11.1 Å². The van der Waals surface area contributed by atoms with Gasteiger partial charge in [-0.05, 0) is 36.0 Å². The predicted molar refractivity (Wildman–Crippen MR) is 82.9 cm³/mol. The lowest BCUT2D eigenvalue weighted by atomic mass is 9.99. The van der Waals surface area contributed by atoms with Crippen LogP contribution < -0.4 is 0 Å². The van der Waals surface area contributed by atoms with Crippen molar-refractivity contribution in [2.45, 2.75) is 31.8 Å². The van der Waals surface area contributed by atoms with Crippen LogP contribution in [0.2, 0.25) is 0 Å². The van der Waals surface area contributed by atoms with Gasteiger partial charge in [-0.25, -0.2) is 0 Å². The van der Waals surface area contributed by atoms with Crippen molar-refractivity contribution in [3.63, 3.8) is 0 Å². The van der Waals surface area contributed by atoms with E-state index in [1.54, 1.807) is 0 Å². The molecule has 0 aliphatic carbocycles. The van der Waals surface area contributed by atoms with Gasteiger partial charge in [-0.3, -0.25) is 4.79 Å². The second kappa shape index (κ2) is 7.60. The smallest absolute Gasteiger partial charge is 0.303 e. The van der Waals surface area contributed by atoms with Crippen LogP contribution in [0.1, 0.15) is 37.4 Å². The highest BCUT2D eigenvalue weighted by molar-refractivity contribution is 5.66. The first-order valence-corrected chi connectivity index (χ1v) is 7.22. The van der Waals surface area contributed by atoms with Gasteiger partial charge in [-0.15, -0.1) is 0 Å². The third-order valence-corrected chi connectivity index (χ3v) is 3.52. The van der Waals surface area contributed by atoms with Gasteiger partial charge >= 0.3 is 5.97 Å². The number of carboxylic acids is 1. The van der Waals surface area contributed by atoms with Crippen LogP contribution in [0, 0.1) is 0 Å². The van der Waals surface area contributed by atoms with Crippen molar-refractivity contribution in [2.24, 2.45) is 0 Å². The van der Waals surface area contributed by atoms with Gasteiger partial charge in [-0.2, -0.15) is 0 Å². The zero-order valence-electron chi connectivity index (χ0n) is 11.9. The minimum absolute atomic E-state index is 0.166. The molecule has 1 atom stereocenters. The normalized spacial score (nSPS) is 12.0. The molecule has 21 heavy (non-hydrogen) atoms. The van der Waals surface area contributed by atoms with Crippen LogP contribution in [-0.2, 0) is 4.79 Å². The Kier molecular flexibility index (Phi) is 5.52. The van der Waals surface area contributed by atoms with Crippen LogP contribution in [0.15, 0.2) is 54.6 Å². The Morgan fingerprint density at radius 3 is 2.14 bits per heavy atom. The van der Waals surface area contributed by atoms with Crippen LogP contribution in [0.3, 0.4) is 0 Å².